The molecular formula is C13H20BrIN4. The maximum atomic E-state index is 5.23. The van der Waals surface area contributed by atoms with E-state index in [0.717, 1.165) is 23.5 Å². The number of guanidine groups is 1. The van der Waals surface area contributed by atoms with Gasteiger partial charge in [0.05, 0.1) is 6.54 Å². The van der Waals surface area contributed by atoms with Crippen molar-refractivity contribution in [2.75, 3.05) is 20.6 Å². The van der Waals surface area contributed by atoms with Gasteiger partial charge in [0.15, 0.2) is 5.96 Å². The van der Waals surface area contributed by atoms with Crippen molar-refractivity contribution in [3.05, 3.63) is 22.4 Å². The molecule has 1 N–H and O–H groups in total. The average Bonchev–Trinajstić information content (AvgIpc) is 2.63. The number of nitrogens with one attached hydrogen (secondary N) is 1. The second-order valence-corrected chi connectivity index (χ2v) is 4.96. The second kappa shape index (κ2) is 9.26. The first-order valence-electron chi connectivity index (χ1n) is 5.74. The van der Waals surface area contributed by atoms with E-state index in [0.29, 0.717) is 6.42 Å². The van der Waals surface area contributed by atoms with E-state index in [1.807, 2.05) is 20.3 Å². The fourth-order valence-corrected chi connectivity index (χ4v) is 2.24. The van der Waals surface area contributed by atoms with Gasteiger partial charge in [0, 0.05) is 50.5 Å². The molecule has 0 spiro atoms. The Morgan fingerprint density at radius 3 is 2.79 bits per heavy atom. The van der Waals surface area contributed by atoms with Gasteiger partial charge < -0.3 is 14.8 Å². The summed E-state index contributed by atoms with van der Waals surface area (Å²) < 4.78 is 3.18. The molecule has 19 heavy (non-hydrogen) atoms. The standard InChI is InChI=1S/C13H19BrN4.HI/c1-5-6-7-16-13(15-2)18(4)10-12-8-11(14)9-17(12)3;/h1,8-9H,6-7,10H2,2-4H3,(H,15,16);1H. The molecule has 106 valence electrons. The van der Waals surface area contributed by atoms with Gasteiger partial charge in [-0.3, -0.25) is 4.99 Å². The summed E-state index contributed by atoms with van der Waals surface area (Å²) in [5.74, 6) is 3.45. The molecule has 0 atom stereocenters. The number of hydrogen-bond acceptors (Lipinski definition) is 1. The van der Waals surface area contributed by atoms with Crippen LogP contribution in [0, 0.1) is 12.3 Å². The van der Waals surface area contributed by atoms with Crippen LogP contribution in [-0.4, -0.2) is 36.1 Å². The molecule has 0 amide bonds. The number of terminal acetylenes is 1. The van der Waals surface area contributed by atoms with Gasteiger partial charge in [-0.1, -0.05) is 0 Å². The Labute approximate surface area is 140 Å². The number of rotatable bonds is 4. The van der Waals surface area contributed by atoms with Crippen LogP contribution in [-0.2, 0) is 13.6 Å². The van der Waals surface area contributed by atoms with Crippen molar-refractivity contribution in [2.24, 2.45) is 12.0 Å². The van der Waals surface area contributed by atoms with Crippen molar-refractivity contribution < 1.29 is 0 Å². The lowest BCUT2D eigenvalue weighted by molar-refractivity contribution is 0.463. The Hall–Kier alpha value is -0.680. The lowest BCUT2D eigenvalue weighted by Gasteiger charge is -2.22. The summed E-state index contributed by atoms with van der Waals surface area (Å²) >= 11 is 3.47. The highest BCUT2D eigenvalue weighted by molar-refractivity contribution is 14.0. The van der Waals surface area contributed by atoms with E-state index in [-0.39, 0.29) is 24.0 Å². The van der Waals surface area contributed by atoms with Crippen molar-refractivity contribution in [1.82, 2.24) is 14.8 Å². The Bertz CT molecular complexity index is 462. The fraction of sp³-hybridized carbons (Fsp3) is 0.462. The average molecular weight is 439 g/mol. The molecule has 0 aromatic carbocycles. The van der Waals surface area contributed by atoms with Crippen molar-refractivity contribution in [1.29, 1.82) is 0 Å². The van der Waals surface area contributed by atoms with E-state index >= 15 is 0 Å². The first kappa shape index (κ1) is 18.3. The zero-order valence-corrected chi connectivity index (χ0v) is 15.4. The van der Waals surface area contributed by atoms with Crippen LogP contribution in [0.25, 0.3) is 0 Å². The summed E-state index contributed by atoms with van der Waals surface area (Å²) in [4.78, 5) is 6.30. The molecule has 6 heteroatoms. The van der Waals surface area contributed by atoms with Gasteiger partial charge in [0.25, 0.3) is 0 Å². The molecule has 0 unspecified atom stereocenters. The lowest BCUT2D eigenvalue weighted by atomic mass is 10.4. The highest BCUT2D eigenvalue weighted by atomic mass is 127. The SMILES string of the molecule is C#CCCNC(=NC)N(C)Cc1cc(Br)cn1C.I. The van der Waals surface area contributed by atoms with E-state index in [1.54, 1.807) is 7.05 Å². The van der Waals surface area contributed by atoms with E-state index < -0.39 is 0 Å². The van der Waals surface area contributed by atoms with Gasteiger partial charge >= 0.3 is 0 Å². The van der Waals surface area contributed by atoms with E-state index in [9.17, 15) is 0 Å². The zero-order valence-electron chi connectivity index (χ0n) is 11.5. The minimum Gasteiger partial charge on any atom is -0.355 e. The first-order valence-corrected chi connectivity index (χ1v) is 6.53. The topological polar surface area (TPSA) is 32.6 Å². The van der Waals surface area contributed by atoms with Crippen LogP contribution < -0.4 is 5.32 Å². The summed E-state index contributed by atoms with van der Waals surface area (Å²) in [6.45, 7) is 1.53. The van der Waals surface area contributed by atoms with Gasteiger partial charge in [-0.2, -0.15) is 0 Å². The smallest absolute Gasteiger partial charge is 0.193 e. The summed E-state index contributed by atoms with van der Waals surface area (Å²) in [7, 11) is 5.81. The van der Waals surface area contributed by atoms with Crippen LogP contribution in [0.1, 0.15) is 12.1 Å². The number of hydrogen-bond donors (Lipinski definition) is 1. The van der Waals surface area contributed by atoms with Crippen LogP contribution in [0.5, 0.6) is 0 Å². The van der Waals surface area contributed by atoms with Gasteiger partial charge in [0.2, 0.25) is 0 Å². The van der Waals surface area contributed by atoms with Gasteiger partial charge in [-0.25, -0.2) is 0 Å². The van der Waals surface area contributed by atoms with Crippen molar-refractivity contribution >= 4 is 45.9 Å². The zero-order chi connectivity index (χ0) is 13.5. The molecule has 1 aromatic rings. The largest absolute Gasteiger partial charge is 0.355 e. The molecule has 0 radical (unpaired) electrons. The summed E-state index contributed by atoms with van der Waals surface area (Å²) in [5.41, 5.74) is 1.21. The van der Waals surface area contributed by atoms with Gasteiger partial charge in [-0.15, -0.1) is 36.3 Å². The van der Waals surface area contributed by atoms with Crippen LogP contribution in [0.2, 0.25) is 0 Å². The van der Waals surface area contributed by atoms with Crippen LogP contribution in [0.4, 0.5) is 0 Å². The molecule has 0 saturated carbocycles. The number of nitrogens with zero attached hydrogens (tertiary/aromatic N) is 3. The van der Waals surface area contributed by atoms with Crippen LogP contribution in [0.15, 0.2) is 21.7 Å². The predicted octanol–water partition coefficient (Wildman–Crippen LogP) is 2.44. The number of aromatic nitrogens is 1. The lowest BCUT2D eigenvalue weighted by Crippen LogP contribution is -2.39. The molecule has 1 aromatic heterocycles. The third-order valence-electron chi connectivity index (χ3n) is 2.60. The molecular weight excluding hydrogens is 419 g/mol. The molecule has 0 aliphatic heterocycles. The maximum absolute atomic E-state index is 5.23. The molecule has 0 bridgehead atoms. The Morgan fingerprint density at radius 2 is 2.32 bits per heavy atom. The van der Waals surface area contributed by atoms with E-state index in [4.69, 9.17) is 6.42 Å². The van der Waals surface area contributed by atoms with Crippen molar-refractivity contribution in [2.45, 2.75) is 13.0 Å². The molecule has 4 nitrogen and oxygen atoms in total. The van der Waals surface area contributed by atoms with Crippen molar-refractivity contribution in [3.8, 4) is 12.3 Å². The number of halogens is 2. The predicted molar refractivity (Wildman–Crippen MR) is 94.8 cm³/mol. The minimum atomic E-state index is 0. The summed E-state index contributed by atoms with van der Waals surface area (Å²) in [6, 6.07) is 2.10. The molecule has 1 rings (SSSR count). The third-order valence-corrected chi connectivity index (χ3v) is 3.03. The summed E-state index contributed by atoms with van der Waals surface area (Å²) in [5, 5.41) is 3.23. The number of aryl methyl sites for hydroxylation is 1. The molecule has 0 aliphatic carbocycles. The van der Waals surface area contributed by atoms with Crippen LogP contribution >= 0.6 is 39.9 Å². The Kier molecular flexibility index (Phi) is 8.93. The normalized spacial score (nSPS) is 10.6. The number of aliphatic imine (C=N–C) groups is 1. The summed E-state index contributed by atoms with van der Waals surface area (Å²) in [6.07, 6.45) is 7.96. The second-order valence-electron chi connectivity index (χ2n) is 4.04. The first-order chi connectivity index (χ1) is 8.58. The van der Waals surface area contributed by atoms with E-state index in [2.05, 4.69) is 47.7 Å². The molecule has 0 aliphatic rings. The quantitative estimate of drug-likeness (QED) is 0.257. The van der Waals surface area contributed by atoms with E-state index in [1.165, 1.54) is 5.69 Å². The van der Waals surface area contributed by atoms with Gasteiger partial charge in [-0.05, 0) is 22.0 Å². The Balaban J connectivity index is 0.00000324. The minimum absolute atomic E-state index is 0. The van der Waals surface area contributed by atoms with Crippen molar-refractivity contribution in [3.63, 3.8) is 0 Å². The third kappa shape index (κ3) is 5.87. The molecule has 0 saturated heterocycles. The Morgan fingerprint density at radius 1 is 1.63 bits per heavy atom. The van der Waals surface area contributed by atoms with Crippen LogP contribution in [0.3, 0.4) is 0 Å². The maximum Gasteiger partial charge on any atom is 0.193 e. The monoisotopic (exact) mass is 438 g/mol. The molecule has 0 fully saturated rings. The highest BCUT2D eigenvalue weighted by Crippen LogP contribution is 2.14. The highest BCUT2D eigenvalue weighted by Gasteiger charge is 2.08. The fourth-order valence-electron chi connectivity index (χ4n) is 1.67. The molecule has 1 heterocycles. The van der Waals surface area contributed by atoms with Gasteiger partial charge in [0.1, 0.15) is 0 Å².